The number of carbonyl (C=O) groups is 2. The highest BCUT2D eigenvalue weighted by molar-refractivity contribution is 8.14. The summed E-state index contributed by atoms with van der Waals surface area (Å²) in [4.78, 5) is 24.7. The fraction of sp³-hybridized carbons (Fsp3) is 0.429. The first-order valence-corrected chi connectivity index (χ1v) is 6.90. The van der Waals surface area contributed by atoms with Gasteiger partial charge in [-0.05, 0) is 31.9 Å². The van der Waals surface area contributed by atoms with Crippen LogP contribution in [0.5, 0.6) is 0 Å². The second kappa shape index (κ2) is 6.61. The lowest BCUT2D eigenvalue weighted by Gasteiger charge is -2.21. The van der Waals surface area contributed by atoms with Gasteiger partial charge >= 0.3 is 5.97 Å². The minimum Gasteiger partial charge on any atom is -0.468 e. The van der Waals surface area contributed by atoms with E-state index in [1.807, 2.05) is 32.9 Å². The van der Waals surface area contributed by atoms with Crippen molar-refractivity contribution in [3.05, 3.63) is 28.8 Å². The molecule has 0 aliphatic rings. The molecule has 0 bridgehead atoms. The zero-order chi connectivity index (χ0) is 14.6. The lowest BCUT2D eigenvalue weighted by atomic mass is 10.0. The lowest BCUT2D eigenvalue weighted by molar-refractivity contribution is -0.137. The quantitative estimate of drug-likeness (QED) is 0.799. The van der Waals surface area contributed by atoms with Crippen LogP contribution in [-0.2, 0) is 9.53 Å². The molecule has 0 spiro atoms. The van der Waals surface area contributed by atoms with Crippen LogP contribution < -0.4 is 4.90 Å². The first kappa shape index (κ1) is 15.6. The third-order valence-corrected chi connectivity index (χ3v) is 3.69. The molecule has 1 amide bonds. The van der Waals surface area contributed by atoms with E-state index in [4.69, 9.17) is 0 Å². The number of carbonyl (C=O) groups excluding carboxylic acids is 2. The number of ether oxygens (including phenoxy) is 1. The molecule has 0 heterocycles. The molecule has 0 radical (unpaired) electrons. The van der Waals surface area contributed by atoms with Crippen LogP contribution in [0.2, 0.25) is 0 Å². The van der Waals surface area contributed by atoms with Gasteiger partial charge in [0, 0.05) is 12.7 Å². The van der Waals surface area contributed by atoms with Gasteiger partial charge in [-0.3, -0.25) is 9.59 Å². The largest absolute Gasteiger partial charge is 0.468 e. The number of anilines is 1. The van der Waals surface area contributed by atoms with Gasteiger partial charge in [-0.15, -0.1) is 0 Å². The lowest BCUT2D eigenvalue weighted by Crippen LogP contribution is -2.25. The summed E-state index contributed by atoms with van der Waals surface area (Å²) in [5.41, 5.74) is 4.16. The van der Waals surface area contributed by atoms with Crippen LogP contribution in [-0.4, -0.2) is 31.1 Å². The van der Waals surface area contributed by atoms with Gasteiger partial charge in [0.2, 0.25) is 0 Å². The highest BCUT2D eigenvalue weighted by atomic mass is 32.2. The Morgan fingerprint density at radius 3 is 2.21 bits per heavy atom. The Balaban J connectivity index is 2.85. The van der Waals surface area contributed by atoms with Crippen LogP contribution in [0, 0.1) is 20.8 Å². The number of amides is 1. The van der Waals surface area contributed by atoms with Crippen molar-refractivity contribution in [2.24, 2.45) is 0 Å². The monoisotopic (exact) mass is 281 g/mol. The SMILES string of the molecule is COC(=O)CSC(=O)N(C)c1c(C)cc(C)cc1C. The van der Waals surface area contributed by atoms with Crippen molar-refractivity contribution in [2.75, 3.05) is 24.8 Å². The number of hydrogen-bond donors (Lipinski definition) is 0. The maximum absolute atomic E-state index is 12.0. The molecule has 0 aliphatic heterocycles. The molecule has 5 heteroatoms. The topological polar surface area (TPSA) is 46.6 Å². The van der Waals surface area contributed by atoms with E-state index in [-0.39, 0.29) is 11.0 Å². The van der Waals surface area contributed by atoms with E-state index >= 15 is 0 Å². The molecule has 1 rings (SSSR count). The molecule has 0 aromatic heterocycles. The van der Waals surface area contributed by atoms with Crippen molar-refractivity contribution in [3.8, 4) is 0 Å². The Kier molecular flexibility index (Phi) is 5.42. The van der Waals surface area contributed by atoms with E-state index in [0.29, 0.717) is 0 Å². The van der Waals surface area contributed by atoms with Gasteiger partial charge in [0.05, 0.1) is 7.11 Å². The van der Waals surface area contributed by atoms with Crippen molar-refractivity contribution >= 4 is 28.7 Å². The standard InChI is InChI=1S/C14H19NO3S/c1-9-6-10(2)13(11(3)7-9)15(4)14(17)19-8-12(16)18-5/h6-7H,8H2,1-5H3. The van der Waals surface area contributed by atoms with Crippen LogP contribution >= 0.6 is 11.8 Å². The summed E-state index contributed by atoms with van der Waals surface area (Å²) in [6, 6.07) is 4.08. The van der Waals surface area contributed by atoms with Crippen LogP contribution in [0.1, 0.15) is 16.7 Å². The molecule has 0 saturated heterocycles. The summed E-state index contributed by atoms with van der Waals surface area (Å²) in [5.74, 6) is -0.368. The number of methoxy groups -OCH3 is 1. The van der Waals surface area contributed by atoms with Crippen LogP contribution in [0.4, 0.5) is 10.5 Å². The van der Waals surface area contributed by atoms with Gasteiger partial charge in [-0.1, -0.05) is 29.5 Å². The first-order valence-electron chi connectivity index (χ1n) is 5.92. The fourth-order valence-corrected chi connectivity index (χ4v) is 2.71. The zero-order valence-electron chi connectivity index (χ0n) is 11.9. The van der Waals surface area contributed by atoms with E-state index in [1.165, 1.54) is 12.7 Å². The highest BCUT2D eigenvalue weighted by Crippen LogP contribution is 2.27. The maximum Gasteiger partial charge on any atom is 0.316 e. The van der Waals surface area contributed by atoms with Crippen molar-refractivity contribution in [3.63, 3.8) is 0 Å². The molecule has 0 N–H and O–H groups in total. The molecule has 0 unspecified atom stereocenters. The number of rotatable bonds is 3. The van der Waals surface area contributed by atoms with E-state index in [0.717, 1.165) is 28.6 Å². The predicted octanol–water partition coefficient (Wildman–Crippen LogP) is 3.07. The minimum atomic E-state index is -0.399. The average Bonchev–Trinajstić information content (AvgIpc) is 2.33. The normalized spacial score (nSPS) is 10.2. The van der Waals surface area contributed by atoms with Gasteiger partial charge in [0.25, 0.3) is 5.24 Å². The Morgan fingerprint density at radius 2 is 1.74 bits per heavy atom. The highest BCUT2D eigenvalue weighted by Gasteiger charge is 2.17. The number of aryl methyl sites for hydroxylation is 3. The maximum atomic E-state index is 12.0. The summed E-state index contributed by atoms with van der Waals surface area (Å²) in [6.45, 7) is 5.98. The Bertz CT molecular complexity index is 476. The number of hydrogen-bond acceptors (Lipinski definition) is 4. The molecule has 0 aliphatic carbocycles. The molecular weight excluding hydrogens is 262 g/mol. The van der Waals surface area contributed by atoms with Gasteiger partial charge in [-0.25, -0.2) is 0 Å². The van der Waals surface area contributed by atoms with Crippen LogP contribution in [0.3, 0.4) is 0 Å². The van der Waals surface area contributed by atoms with E-state index in [9.17, 15) is 9.59 Å². The van der Waals surface area contributed by atoms with Gasteiger partial charge in [-0.2, -0.15) is 0 Å². The number of benzene rings is 1. The summed E-state index contributed by atoms with van der Waals surface area (Å²) in [7, 11) is 3.03. The van der Waals surface area contributed by atoms with Crippen molar-refractivity contribution in [1.82, 2.24) is 0 Å². The van der Waals surface area contributed by atoms with Crippen LogP contribution in [0.25, 0.3) is 0 Å². The smallest absolute Gasteiger partial charge is 0.316 e. The molecule has 4 nitrogen and oxygen atoms in total. The van der Waals surface area contributed by atoms with Gasteiger partial charge < -0.3 is 9.64 Å². The summed E-state index contributed by atoms with van der Waals surface area (Å²) in [6.07, 6.45) is 0. The fourth-order valence-electron chi connectivity index (χ4n) is 2.07. The number of nitrogens with zero attached hydrogens (tertiary/aromatic N) is 1. The van der Waals surface area contributed by atoms with Crippen molar-refractivity contribution < 1.29 is 14.3 Å². The minimum absolute atomic E-state index is 0.0314. The summed E-state index contributed by atoms with van der Waals surface area (Å²) in [5, 5.41) is -0.166. The zero-order valence-corrected chi connectivity index (χ0v) is 12.8. The third-order valence-electron chi connectivity index (χ3n) is 2.79. The van der Waals surface area contributed by atoms with E-state index < -0.39 is 5.97 Å². The Morgan fingerprint density at radius 1 is 1.21 bits per heavy atom. The summed E-state index contributed by atoms with van der Waals surface area (Å²) >= 11 is 0.946. The molecule has 0 atom stereocenters. The molecule has 19 heavy (non-hydrogen) atoms. The number of thioether (sulfide) groups is 1. The van der Waals surface area contributed by atoms with Crippen molar-refractivity contribution in [2.45, 2.75) is 20.8 Å². The average molecular weight is 281 g/mol. The molecular formula is C14H19NO3S. The molecule has 104 valence electrons. The third kappa shape index (κ3) is 3.99. The Hall–Kier alpha value is -1.49. The van der Waals surface area contributed by atoms with Crippen LogP contribution in [0.15, 0.2) is 12.1 Å². The second-order valence-corrected chi connectivity index (χ2v) is 5.36. The molecule has 0 fully saturated rings. The number of esters is 1. The summed E-state index contributed by atoms with van der Waals surface area (Å²) < 4.78 is 4.52. The first-order chi connectivity index (χ1) is 8.86. The van der Waals surface area contributed by atoms with E-state index in [2.05, 4.69) is 4.74 Å². The van der Waals surface area contributed by atoms with Crippen molar-refractivity contribution in [1.29, 1.82) is 0 Å². The Labute approximate surface area is 118 Å². The second-order valence-electron chi connectivity index (χ2n) is 4.44. The van der Waals surface area contributed by atoms with Gasteiger partial charge in [0.15, 0.2) is 0 Å². The predicted molar refractivity (Wildman–Crippen MR) is 78.9 cm³/mol. The van der Waals surface area contributed by atoms with Gasteiger partial charge in [0.1, 0.15) is 5.75 Å². The molecule has 1 aromatic carbocycles. The molecule has 1 aromatic rings. The van der Waals surface area contributed by atoms with E-state index in [1.54, 1.807) is 11.9 Å². The molecule has 0 saturated carbocycles.